The maximum absolute atomic E-state index is 12.2. The first kappa shape index (κ1) is 12.8. The molecular formula is C14H18ClN3O. The minimum absolute atomic E-state index is 0.0536. The fourth-order valence-corrected chi connectivity index (χ4v) is 3.18. The van der Waals surface area contributed by atoms with Crippen LogP contribution >= 0.6 is 11.6 Å². The summed E-state index contributed by atoms with van der Waals surface area (Å²) < 4.78 is 0. The molecule has 4 nitrogen and oxygen atoms in total. The Kier molecular flexibility index (Phi) is 3.37. The van der Waals surface area contributed by atoms with E-state index in [2.05, 4.69) is 10.2 Å². The van der Waals surface area contributed by atoms with Crippen molar-refractivity contribution in [2.24, 2.45) is 5.92 Å². The molecule has 3 saturated heterocycles. The highest BCUT2D eigenvalue weighted by Crippen LogP contribution is 2.28. The average molecular weight is 280 g/mol. The number of benzene rings is 1. The molecule has 1 aromatic carbocycles. The molecule has 3 aliphatic heterocycles. The second kappa shape index (κ2) is 5.02. The molecule has 0 spiro atoms. The van der Waals surface area contributed by atoms with E-state index in [1.807, 2.05) is 0 Å². The van der Waals surface area contributed by atoms with Crippen molar-refractivity contribution in [3.05, 3.63) is 28.8 Å². The monoisotopic (exact) mass is 279 g/mol. The summed E-state index contributed by atoms with van der Waals surface area (Å²) in [6.07, 6.45) is 2.38. The number of piperidine rings is 3. The first-order chi connectivity index (χ1) is 9.13. The van der Waals surface area contributed by atoms with Crippen molar-refractivity contribution in [1.29, 1.82) is 0 Å². The number of hydrogen-bond acceptors (Lipinski definition) is 3. The molecule has 5 heteroatoms. The Morgan fingerprint density at radius 1 is 1.37 bits per heavy atom. The van der Waals surface area contributed by atoms with Crippen LogP contribution in [-0.2, 0) is 0 Å². The molecule has 1 unspecified atom stereocenters. The van der Waals surface area contributed by atoms with Gasteiger partial charge in [-0.25, -0.2) is 0 Å². The van der Waals surface area contributed by atoms with E-state index in [1.165, 1.54) is 25.9 Å². The lowest BCUT2D eigenvalue weighted by atomic mass is 9.84. The fourth-order valence-electron chi connectivity index (χ4n) is 3.07. The number of carbonyl (C=O) groups is 1. The summed E-state index contributed by atoms with van der Waals surface area (Å²) in [6, 6.07) is 5.29. The van der Waals surface area contributed by atoms with Crippen LogP contribution in [0.15, 0.2) is 18.2 Å². The lowest BCUT2D eigenvalue weighted by Gasteiger charge is -2.44. The van der Waals surface area contributed by atoms with Crippen molar-refractivity contribution in [3.63, 3.8) is 0 Å². The van der Waals surface area contributed by atoms with Crippen LogP contribution < -0.4 is 11.1 Å². The van der Waals surface area contributed by atoms with E-state index >= 15 is 0 Å². The predicted molar refractivity (Wildman–Crippen MR) is 76.3 cm³/mol. The van der Waals surface area contributed by atoms with Crippen LogP contribution in [-0.4, -0.2) is 36.5 Å². The number of nitrogens with zero attached hydrogens (tertiary/aromatic N) is 1. The van der Waals surface area contributed by atoms with Crippen molar-refractivity contribution in [1.82, 2.24) is 10.2 Å². The van der Waals surface area contributed by atoms with E-state index in [0.717, 1.165) is 6.54 Å². The van der Waals surface area contributed by atoms with E-state index in [0.29, 0.717) is 22.2 Å². The Morgan fingerprint density at radius 2 is 2.11 bits per heavy atom. The van der Waals surface area contributed by atoms with Gasteiger partial charge in [0.25, 0.3) is 5.91 Å². The van der Waals surface area contributed by atoms with E-state index in [4.69, 9.17) is 17.3 Å². The number of amides is 1. The summed E-state index contributed by atoms with van der Waals surface area (Å²) >= 11 is 5.87. The second-order valence-electron chi connectivity index (χ2n) is 5.45. The maximum atomic E-state index is 12.2. The molecule has 3 fully saturated rings. The molecule has 2 bridgehead atoms. The Labute approximate surface area is 117 Å². The van der Waals surface area contributed by atoms with E-state index in [9.17, 15) is 4.79 Å². The third kappa shape index (κ3) is 2.55. The molecule has 19 heavy (non-hydrogen) atoms. The number of fused-ring (bicyclic) bond motifs is 3. The molecule has 3 aliphatic rings. The minimum atomic E-state index is -0.0536. The van der Waals surface area contributed by atoms with Gasteiger partial charge in [-0.15, -0.1) is 0 Å². The van der Waals surface area contributed by atoms with Crippen molar-refractivity contribution in [2.45, 2.75) is 18.9 Å². The first-order valence-corrected chi connectivity index (χ1v) is 7.09. The van der Waals surface area contributed by atoms with Gasteiger partial charge < -0.3 is 16.0 Å². The average Bonchev–Trinajstić information content (AvgIpc) is 2.43. The normalized spacial score (nSPS) is 29.2. The molecule has 0 saturated carbocycles. The number of nitrogen functional groups attached to an aromatic ring is 1. The predicted octanol–water partition coefficient (Wildman–Crippen LogP) is 1.75. The van der Waals surface area contributed by atoms with Gasteiger partial charge in [0, 0.05) is 18.2 Å². The smallest absolute Gasteiger partial charge is 0.251 e. The molecule has 0 aliphatic carbocycles. The number of rotatable bonds is 2. The van der Waals surface area contributed by atoms with Crippen LogP contribution in [0.5, 0.6) is 0 Å². The van der Waals surface area contributed by atoms with Crippen LogP contribution in [0, 0.1) is 5.92 Å². The summed E-state index contributed by atoms with van der Waals surface area (Å²) in [6.45, 7) is 3.31. The molecule has 102 valence electrons. The summed E-state index contributed by atoms with van der Waals surface area (Å²) in [5.74, 6) is 0.570. The summed E-state index contributed by atoms with van der Waals surface area (Å²) in [7, 11) is 0. The second-order valence-corrected chi connectivity index (χ2v) is 5.86. The third-order valence-electron chi connectivity index (χ3n) is 4.23. The Hall–Kier alpha value is -1.26. The van der Waals surface area contributed by atoms with Crippen molar-refractivity contribution in [2.75, 3.05) is 25.4 Å². The third-order valence-corrected chi connectivity index (χ3v) is 4.58. The van der Waals surface area contributed by atoms with Gasteiger partial charge >= 0.3 is 0 Å². The van der Waals surface area contributed by atoms with Gasteiger partial charge in [-0.05, 0) is 50.0 Å². The number of carbonyl (C=O) groups excluding carboxylic acids is 1. The molecule has 1 atom stereocenters. The summed E-state index contributed by atoms with van der Waals surface area (Å²) in [5.41, 5.74) is 6.76. The van der Waals surface area contributed by atoms with Crippen LogP contribution in [0.1, 0.15) is 23.2 Å². The van der Waals surface area contributed by atoms with Crippen molar-refractivity contribution < 1.29 is 4.79 Å². The highest BCUT2D eigenvalue weighted by molar-refractivity contribution is 6.33. The molecule has 3 heterocycles. The van der Waals surface area contributed by atoms with Gasteiger partial charge in [0.2, 0.25) is 0 Å². The molecule has 3 N–H and O–H groups in total. The number of anilines is 1. The molecule has 1 amide bonds. The van der Waals surface area contributed by atoms with Crippen molar-refractivity contribution >= 4 is 23.2 Å². The first-order valence-electron chi connectivity index (χ1n) is 6.72. The van der Waals surface area contributed by atoms with Crippen LogP contribution in [0.2, 0.25) is 5.02 Å². The van der Waals surface area contributed by atoms with E-state index < -0.39 is 0 Å². The quantitative estimate of drug-likeness (QED) is 0.811. The fraction of sp³-hybridized carbons (Fsp3) is 0.500. The summed E-state index contributed by atoms with van der Waals surface area (Å²) in [5, 5.41) is 3.62. The number of hydrogen-bond donors (Lipinski definition) is 2. The molecule has 0 radical (unpaired) electrons. The topological polar surface area (TPSA) is 58.4 Å². The maximum Gasteiger partial charge on any atom is 0.251 e. The standard InChI is InChI=1S/C14H18ClN3O/c15-11-2-1-10(7-12(11)16)14(19)17-13-8-18-5-3-9(13)4-6-18/h1-2,7,9,13H,3-6,8,16H2,(H,17,19). The van der Waals surface area contributed by atoms with Gasteiger partial charge in [-0.3, -0.25) is 4.79 Å². The lowest BCUT2D eigenvalue weighted by molar-refractivity contribution is 0.0620. The van der Waals surface area contributed by atoms with Crippen LogP contribution in [0.4, 0.5) is 5.69 Å². The largest absolute Gasteiger partial charge is 0.398 e. The van der Waals surface area contributed by atoms with Gasteiger partial charge in [0.05, 0.1) is 10.7 Å². The lowest BCUT2D eigenvalue weighted by Crippen LogP contribution is -2.57. The Balaban J connectivity index is 1.69. The van der Waals surface area contributed by atoms with Gasteiger partial charge in [-0.2, -0.15) is 0 Å². The van der Waals surface area contributed by atoms with Gasteiger partial charge in [0.1, 0.15) is 0 Å². The molecule has 1 aromatic rings. The van der Waals surface area contributed by atoms with Crippen LogP contribution in [0.25, 0.3) is 0 Å². The zero-order valence-electron chi connectivity index (χ0n) is 10.7. The van der Waals surface area contributed by atoms with E-state index in [-0.39, 0.29) is 11.9 Å². The number of nitrogens with one attached hydrogen (secondary N) is 1. The number of nitrogens with two attached hydrogens (primary N) is 1. The van der Waals surface area contributed by atoms with Gasteiger partial charge in [0.15, 0.2) is 0 Å². The Bertz CT molecular complexity index is 497. The molecule has 4 rings (SSSR count). The highest BCUT2D eigenvalue weighted by Gasteiger charge is 2.34. The molecular weight excluding hydrogens is 262 g/mol. The SMILES string of the molecule is Nc1cc(C(=O)NC2CN3CCC2CC3)ccc1Cl. The van der Waals surface area contributed by atoms with Gasteiger partial charge in [-0.1, -0.05) is 11.6 Å². The number of halogens is 1. The summed E-state index contributed by atoms with van der Waals surface area (Å²) in [4.78, 5) is 14.6. The minimum Gasteiger partial charge on any atom is -0.398 e. The Morgan fingerprint density at radius 3 is 2.68 bits per heavy atom. The zero-order chi connectivity index (χ0) is 13.4. The highest BCUT2D eigenvalue weighted by atomic mass is 35.5. The molecule has 0 aromatic heterocycles. The van der Waals surface area contributed by atoms with E-state index in [1.54, 1.807) is 18.2 Å². The zero-order valence-corrected chi connectivity index (χ0v) is 11.5. The van der Waals surface area contributed by atoms with Crippen LogP contribution in [0.3, 0.4) is 0 Å². The van der Waals surface area contributed by atoms with Crippen molar-refractivity contribution in [3.8, 4) is 0 Å².